The van der Waals surface area contributed by atoms with E-state index in [2.05, 4.69) is 10.3 Å². The first-order chi connectivity index (χ1) is 7.83. The lowest BCUT2D eigenvalue weighted by molar-refractivity contribution is 0.282. The molecule has 0 saturated heterocycles. The largest absolute Gasteiger partial charge is 0.398 e. The average molecular weight is 219 g/mol. The highest BCUT2D eigenvalue weighted by Crippen LogP contribution is 2.35. The molecule has 1 aromatic heterocycles. The van der Waals surface area contributed by atoms with Gasteiger partial charge < -0.3 is 11.1 Å². The minimum atomic E-state index is 0.369. The standard InChI is InChI=1S/C13H21N3/c1-15-13(10-5-3-2-4-6-10)11-9-16-8-7-12(11)14/h7-10,13,15H,2-6H2,1H3,(H2,14,16). The first-order valence-electron chi connectivity index (χ1n) is 6.19. The van der Waals surface area contributed by atoms with Crippen LogP contribution in [0.5, 0.6) is 0 Å². The van der Waals surface area contributed by atoms with Gasteiger partial charge in [-0.2, -0.15) is 0 Å². The Balaban J connectivity index is 2.18. The Morgan fingerprint density at radius 2 is 2.12 bits per heavy atom. The van der Waals surface area contributed by atoms with Crippen LogP contribution in [-0.4, -0.2) is 12.0 Å². The molecule has 16 heavy (non-hydrogen) atoms. The van der Waals surface area contributed by atoms with Crippen LogP contribution in [0.2, 0.25) is 0 Å². The van der Waals surface area contributed by atoms with E-state index >= 15 is 0 Å². The van der Waals surface area contributed by atoms with Gasteiger partial charge in [-0.15, -0.1) is 0 Å². The van der Waals surface area contributed by atoms with Gasteiger partial charge in [0.05, 0.1) is 0 Å². The van der Waals surface area contributed by atoms with Crippen molar-refractivity contribution < 1.29 is 0 Å². The zero-order chi connectivity index (χ0) is 11.4. The minimum absolute atomic E-state index is 0.369. The van der Waals surface area contributed by atoms with E-state index in [1.54, 1.807) is 6.20 Å². The Hall–Kier alpha value is -1.09. The highest BCUT2D eigenvalue weighted by Gasteiger charge is 2.25. The van der Waals surface area contributed by atoms with Crippen LogP contribution in [0.3, 0.4) is 0 Å². The second-order valence-corrected chi connectivity index (χ2v) is 4.67. The Kier molecular flexibility index (Phi) is 3.78. The van der Waals surface area contributed by atoms with E-state index < -0.39 is 0 Å². The number of nitrogens with one attached hydrogen (secondary N) is 1. The van der Waals surface area contributed by atoms with Crippen molar-refractivity contribution in [3.05, 3.63) is 24.0 Å². The third kappa shape index (κ3) is 2.35. The number of hydrogen-bond donors (Lipinski definition) is 2. The van der Waals surface area contributed by atoms with E-state index in [0.717, 1.165) is 11.3 Å². The average Bonchev–Trinajstić information content (AvgIpc) is 2.34. The summed E-state index contributed by atoms with van der Waals surface area (Å²) in [5.41, 5.74) is 8.05. The minimum Gasteiger partial charge on any atom is -0.398 e. The van der Waals surface area contributed by atoms with Gasteiger partial charge in [-0.3, -0.25) is 4.98 Å². The van der Waals surface area contributed by atoms with Gasteiger partial charge in [-0.1, -0.05) is 19.3 Å². The van der Waals surface area contributed by atoms with Crippen molar-refractivity contribution in [1.29, 1.82) is 0 Å². The highest BCUT2D eigenvalue weighted by molar-refractivity contribution is 5.46. The summed E-state index contributed by atoms with van der Waals surface area (Å²) >= 11 is 0. The topological polar surface area (TPSA) is 50.9 Å². The monoisotopic (exact) mass is 219 g/mol. The number of hydrogen-bond acceptors (Lipinski definition) is 3. The van der Waals surface area contributed by atoms with Crippen molar-refractivity contribution in [3.63, 3.8) is 0 Å². The van der Waals surface area contributed by atoms with Crippen LogP contribution in [0, 0.1) is 5.92 Å². The van der Waals surface area contributed by atoms with E-state index in [9.17, 15) is 0 Å². The molecule has 3 N–H and O–H groups in total. The molecule has 1 aliphatic rings. The van der Waals surface area contributed by atoms with Gasteiger partial charge >= 0.3 is 0 Å². The number of rotatable bonds is 3. The summed E-state index contributed by atoms with van der Waals surface area (Å²) < 4.78 is 0. The zero-order valence-electron chi connectivity index (χ0n) is 9.95. The highest BCUT2D eigenvalue weighted by atomic mass is 14.9. The maximum absolute atomic E-state index is 6.02. The molecule has 0 aromatic carbocycles. The summed E-state index contributed by atoms with van der Waals surface area (Å²) in [6.07, 6.45) is 10.4. The molecule has 1 unspecified atom stereocenters. The van der Waals surface area contributed by atoms with Gasteiger partial charge in [0.25, 0.3) is 0 Å². The molecule has 1 heterocycles. The summed E-state index contributed by atoms with van der Waals surface area (Å²) in [7, 11) is 2.02. The van der Waals surface area contributed by atoms with Crippen LogP contribution in [0.1, 0.15) is 43.7 Å². The summed E-state index contributed by atoms with van der Waals surface area (Å²) in [4.78, 5) is 4.19. The molecule has 0 spiro atoms. The summed E-state index contributed by atoms with van der Waals surface area (Å²) in [6.45, 7) is 0. The molecule has 3 nitrogen and oxygen atoms in total. The van der Waals surface area contributed by atoms with E-state index in [0.29, 0.717) is 12.0 Å². The first kappa shape index (κ1) is 11.4. The van der Waals surface area contributed by atoms with Crippen molar-refractivity contribution in [3.8, 4) is 0 Å². The summed E-state index contributed by atoms with van der Waals surface area (Å²) in [5.74, 6) is 0.713. The van der Waals surface area contributed by atoms with Crippen molar-refractivity contribution in [2.24, 2.45) is 5.92 Å². The second kappa shape index (κ2) is 5.30. The molecule has 0 aliphatic heterocycles. The molecule has 1 saturated carbocycles. The second-order valence-electron chi connectivity index (χ2n) is 4.67. The van der Waals surface area contributed by atoms with Gasteiger partial charge in [0.2, 0.25) is 0 Å². The normalized spacial score (nSPS) is 19.6. The molecule has 1 fully saturated rings. The molecule has 88 valence electrons. The zero-order valence-corrected chi connectivity index (χ0v) is 9.95. The predicted octanol–water partition coefficient (Wildman–Crippen LogP) is 2.50. The molecule has 3 heteroatoms. The van der Waals surface area contributed by atoms with Gasteiger partial charge in [-0.05, 0) is 31.9 Å². The SMILES string of the molecule is CNC(c1cnccc1N)C1CCCCC1. The van der Waals surface area contributed by atoms with Crippen molar-refractivity contribution in [2.45, 2.75) is 38.1 Å². The number of nitrogen functional groups attached to an aromatic ring is 1. The lowest BCUT2D eigenvalue weighted by atomic mass is 9.81. The third-order valence-corrected chi connectivity index (χ3v) is 3.65. The van der Waals surface area contributed by atoms with Gasteiger partial charge in [0, 0.05) is 29.7 Å². The number of nitrogens with two attached hydrogens (primary N) is 1. The Morgan fingerprint density at radius 3 is 2.75 bits per heavy atom. The van der Waals surface area contributed by atoms with E-state index in [1.807, 2.05) is 19.3 Å². The fourth-order valence-electron chi connectivity index (χ4n) is 2.79. The maximum atomic E-state index is 6.02. The van der Waals surface area contributed by atoms with Crippen molar-refractivity contribution in [1.82, 2.24) is 10.3 Å². The van der Waals surface area contributed by atoms with E-state index in [4.69, 9.17) is 5.73 Å². The lowest BCUT2D eigenvalue weighted by Gasteiger charge is -2.30. The lowest BCUT2D eigenvalue weighted by Crippen LogP contribution is -2.27. The van der Waals surface area contributed by atoms with Gasteiger partial charge in [0.15, 0.2) is 0 Å². The molecular weight excluding hydrogens is 198 g/mol. The van der Waals surface area contributed by atoms with Gasteiger partial charge in [-0.25, -0.2) is 0 Å². The van der Waals surface area contributed by atoms with Gasteiger partial charge in [0.1, 0.15) is 0 Å². The van der Waals surface area contributed by atoms with Crippen LogP contribution in [0.4, 0.5) is 5.69 Å². The number of pyridine rings is 1. The molecule has 0 amide bonds. The number of anilines is 1. The van der Waals surface area contributed by atoms with Crippen LogP contribution >= 0.6 is 0 Å². The predicted molar refractivity (Wildman–Crippen MR) is 67.0 cm³/mol. The molecular formula is C13H21N3. The fraction of sp³-hybridized carbons (Fsp3) is 0.615. The van der Waals surface area contributed by atoms with Crippen LogP contribution in [-0.2, 0) is 0 Å². The Labute approximate surface area is 97.5 Å². The maximum Gasteiger partial charge on any atom is 0.0393 e. The molecule has 0 bridgehead atoms. The molecule has 0 radical (unpaired) electrons. The smallest absolute Gasteiger partial charge is 0.0393 e. The molecule has 1 aliphatic carbocycles. The first-order valence-corrected chi connectivity index (χ1v) is 6.19. The number of nitrogens with zero attached hydrogens (tertiary/aromatic N) is 1. The van der Waals surface area contributed by atoms with Crippen LogP contribution < -0.4 is 11.1 Å². The van der Waals surface area contributed by atoms with E-state index in [1.165, 1.54) is 32.1 Å². The fourth-order valence-corrected chi connectivity index (χ4v) is 2.79. The summed E-state index contributed by atoms with van der Waals surface area (Å²) in [5, 5.41) is 3.41. The third-order valence-electron chi connectivity index (χ3n) is 3.65. The number of aromatic nitrogens is 1. The molecule has 2 rings (SSSR count). The van der Waals surface area contributed by atoms with Crippen molar-refractivity contribution >= 4 is 5.69 Å². The van der Waals surface area contributed by atoms with Crippen LogP contribution in [0.15, 0.2) is 18.5 Å². The Morgan fingerprint density at radius 1 is 1.38 bits per heavy atom. The molecule has 1 atom stereocenters. The Bertz CT molecular complexity index is 332. The van der Waals surface area contributed by atoms with Crippen LogP contribution in [0.25, 0.3) is 0 Å². The molecule has 1 aromatic rings. The summed E-state index contributed by atoms with van der Waals surface area (Å²) in [6, 6.07) is 2.26. The van der Waals surface area contributed by atoms with E-state index in [-0.39, 0.29) is 0 Å². The quantitative estimate of drug-likeness (QED) is 0.821. The van der Waals surface area contributed by atoms with Crippen molar-refractivity contribution in [2.75, 3.05) is 12.8 Å².